The Morgan fingerprint density at radius 2 is 2.09 bits per heavy atom. The van der Waals surface area contributed by atoms with Gasteiger partial charge in [0.15, 0.2) is 5.78 Å². The van der Waals surface area contributed by atoms with Gasteiger partial charge in [-0.3, -0.25) is 24.6 Å². The first-order valence-electron chi connectivity index (χ1n) is 11.0. The van der Waals surface area contributed by atoms with Gasteiger partial charge in [0.1, 0.15) is 17.2 Å². The number of rotatable bonds is 9. The Balaban J connectivity index is 1.47. The van der Waals surface area contributed by atoms with Gasteiger partial charge in [0.05, 0.1) is 6.54 Å². The van der Waals surface area contributed by atoms with Crippen molar-refractivity contribution < 1.29 is 28.1 Å². The molecule has 0 saturated heterocycles. The van der Waals surface area contributed by atoms with Gasteiger partial charge in [-0.2, -0.15) is 0 Å². The maximum Gasteiger partial charge on any atom is 0.291 e. The summed E-state index contributed by atoms with van der Waals surface area (Å²) in [6.45, 7) is 1.54. The van der Waals surface area contributed by atoms with Crippen LogP contribution in [0.5, 0.6) is 0 Å². The van der Waals surface area contributed by atoms with Gasteiger partial charge in [-0.05, 0) is 56.8 Å². The number of Topliss-reactive ketones (excluding diaryl/α,β-unsaturated/α-hetero) is 2. The van der Waals surface area contributed by atoms with Gasteiger partial charge in [-0.1, -0.05) is 16.8 Å². The molecule has 2 bridgehead atoms. The molecule has 4 aliphatic rings. The van der Waals surface area contributed by atoms with Crippen LogP contribution in [-0.2, 0) is 14.4 Å². The van der Waals surface area contributed by atoms with Crippen molar-refractivity contribution in [3.8, 4) is 0 Å². The predicted octanol–water partition coefficient (Wildman–Crippen LogP) is 3.13. The minimum Gasteiger partial charge on any atom is -0.361 e. The second-order valence-electron chi connectivity index (χ2n) is 9.61. The molecule has 1 heterocycles. The van der Waals surface area contributed by atoms with Gasteiger partial charge in [-0.25, -0.2) is 9.40 Å². The van der Waals surface area contributed by atoms with E-state index in [1.54, 1.807) is 6.92 Å². The molecular weight excluding hydrogens is 441 g/mol. The third-order valence-corrected chi connectivity index (χ3v) is 7.28. The minimum atomic E-state index is -2.34. The van der Waals surface area contributed by atoms with Crippen LogP contribution < -0.4 is 5.43 Å². The summed E-state index contributed by atoms with van der Waals surface area (Å²) < 4.78 is 18.6. The Labute approximate surface area is 190 Å². The van der Waals surface area contributed by atoms with Crippen LogP contribution in [0.1, 0.15) is 67.6 Å². The summed E-state index contributed by atoms with van der Waals surface area (Å²) in [5.41, 5.74) is 0.322. The molecule has 5 rings (SSSR count). The average molecular weight is 468 g/mol. The van der Waals surface area contributed by atoms with E-state index in [-0.39, 0.29) is 35.6 Å². The lowest BCUT2D eigenvalue weighted by molar-refractivity contribution is -0.152. The summed E-state index contributed by atoms with van der Waals surface area (Å²) in [7, 11) is 0. The Morgan fingerprint density at radius 1 is 1.38 bits per heavy atom. The van der Waals surface area contributed by atoms with Crippen LogP contribution in [0.15, 0.2) is 10.6 Å². The number of alkyl halides is 2. The highest BCUT2D eigenvalue weighted by atomic mass is 35.5. The summed E-state index contributed by atoms with van der Waals surface area (Å²) >= 11 is 5.35. The third kappa shape index (κ3) is 4.72. The fraction of sp³-hybridized carbons (Fsp3) is 0.682. The maximum absolute atomic E-state index is 13.6. The normalized spacial score (nSPS) is 27.8. The molecule has 4 fully saturated rings. The number of hydrazine groups is 1. The summed E-state index contributed by atoms with van der Waals surface area (Å²) in [5, 5.41) is 4.55. The van der Waals surface area contributed by atoms with Crippen molar-refractivity contribution in [2.45, 2.75) is 63.9 Å². The average Bonchev–Trinajstić information content (AvgIpc) is 3.29. The van der Waals surface area contributed by atoms with E-state index in [1.807, 2.05) is 0 Å². The molecule has 0 aromatic carbocycles. The van der Waals surface area contributed by atoms with Gasteiger partial charge in [0.25, 0.3) is 11.5 Å². The van der Waals surface area contributed by atoms with Gasteiger partial charge in [0.2, 0.25) is 5.91 Å². The van der Waals surface area contributed by atoms with Gasteiger partial charge < -0.3 is 4.52 Å². The van der Waals surface area contributed by atoms with E-state index in [1.165, 1.54) is 6.07 Å². The lowest BCUT2D eigenvalue weighted by Gasteiger charge is -2.63. The number of ketones is 2. The highest BCUT2D eigenvalue weighted by molar-refractivity contribution is 6.29. The fourth-order valence-corrected chi connectivity index (χ4v) is 5.47. The number of hydrogen-bond donors (Lipinski definition) is 1. The number of amides is 2. The van der Waals surface area contributed by atoms with Gasteiger partial charge >= 0.3 is 0 Å². The monoisotopic (exact) mass is 467 g/mol. The molecule has 0 aliphatic heterocycles. The molecule has 0 radical (unpaired) electrons. The summed E-state index contributed by atoms with van der Waals surface area (Å²) in [5.74, 6) is -2.04. The molecule has 4 saturated carbocycles. The molecule has 0 unspecified atom stereocenters. The number of nitrogens with one attached hydrogen (secondary N) is 1. The van der Waals surface area contributed by atoms with E-state index in [9.17, 15) is 23.6 Å². The molecule has 174 valence electrons. The third-order valence-electron chi connectivity index (χ3n) is 7.09. The minimum absolute atomic E-state index is 0.0240. The van der Waals surface area contributed by atoms with E-state index in [4.69, 9.17) is 16.1 Å². The predicted molar refractivity (Wildman–Crippen MR) is 111 cm³/mol. The number of carbonyl (C=O) groups is 4. The number of aromatic nitrogens is 1. The Kier molecular flexibility index (Phi) is 6.38. The van der Waals surface area contributed by atoms with Crippen molar-refractivity contribution in [2.75, 3.05) is 6.54 Å². The van der Waals surface area contributed by atoms with Crippen molar-refractivity contribution in [3.05, 3.63) is 17.5 Å². The van der Waals surface area contributed by atoms with Crippen LogP contribution in [0.4, 0.5) is 4.39 Å². The summed E-state index contributed by atoms with van der Waals surface area (Å²) in [4.78, 5) is 50.2. The van der Waals surface area contributed by atoms with Gasteiger partial charge in [-0.15, -0.1) is 0 Å². The maximum atomic E-state index is 13.6. The summed E-state index contributed by atoms with van der Waals surface area (Å²) in [6, 6.07) is 1.51. The second kappa shape index (κ2) is 8.92. The van der Waals surface area contributed by atoms with E-state index >= 15 is 0 Å². The zero-order valence-corrected chi connectivity index (χ0v) is 18.7. The van der Waals surface area contributed by atoms with Crippen LogP contribution in [0, 0.1) is 30.1 Å². The van der Waals surface area contributed by atoms with E-state index in [0.717, 1.165) is 24.3 Å². The Hall–Kier alpha value is -2.29. The quantitative estimate of drug-likeness (QED) is 0.339. The van der Waals surface area contributed by atoms with Gasteiger partial charge in [0, 0.05) is 30.7 Å². The molecular formula is C22H27ClFN3O5. The molecule has 1 aromatic rings. The standard InChI is InChI=1S/C22H27ClFN3O5/c1-12-5-16(26-32-12)18(29)6-15(10-22-7-13(8-22)9-22)20(30)25-27(21(31)19(23)24)11-14-3-2-4-17(14)28/h5,13-15,19H,2-4,6-11H2,1H3,(H,25,30)/t13?,14-,15-,19-,22?/m0/s1. The zero-order valence-electron chi connectivity index (χ0n) is 17.9. The fourth-order valence-electron chi connectivity index (χ4n) is 5.35. The van der Waals surface area contributed by atoms with E-state index in [0.29, 0.717) is 37.4 Å². The lowest BCUT2D eigenvalue weighted by Crippen LogP contribution is -2.56. The molecule has 4 aliphatic carbocycles. The number of carbonyl (C=O) groups excluding carboxylic acids is 4. The van der Waals surface area contributed by atoms with Crippen LogP contribution in [0.3, 0.4) is 0 Å². The van der Waals surface area contributed by atoms with Crippen molar-refractivity contribution in [1.82, 2.24) is 15.6 Å². The molecule has 8 nitrogen and oxygen atoms in total. The molecule has 10 heteroatoms. The summed E-state index contributed by atoms with van der Waals surface area (Å²) in [6.07, 6.45) is 5.15. The molecule has 3 atom stereocenters. The van der Waals surface area contributed by atoms with E-state index in [2.05, 4.69) is 10.6 Å². The molecule has 32 heavy (non-hydrogen) atoms. The van der Waals surface area contributed by atoms with Crippen molar-refractivity contribution in [1.29, 1.82) is 0 Å². The van der Waals surface area contributed by atoms with Crippen LogP contribution in [0.2, 0.25) is 0 Å². The molecule has 2 amide bonds. The largest absolute Gasteiger partial charge is 0.361 e. The number of halogens is 2. The van der Waals surface area contributed by atoms with Crippen LogP contribution in [-0.4, -0.2) is 45.7 Å². The number of aryl methyl sites for hydroxylation is 1. The molecule has 0 spiro atoms. The SMILES string of the molecule is Cc1cc(C(=O)C[C@@H](CC23CC(C2)C3)C(=O)NN(C[C@@H]2CCCC2=O)C(=O)[C@H](F)Cl)no1. The van der Waals surface area contributed by atoms with Crippen molar-refractivity contribution >= 4 is 35.0 Å². The van der Waals surface area contributed by atoms with Crippen LogP contribution in [0.25, 0.3) is 0 Å². The van der Waals surface area contributed by atoms with E-state index < -0.39 is 29.3 Å². The highest BCUT2D eigenvalue weighted by Gasteiger charge is 2.57. The smallest absolute Gasteiger partial charge is 0.291 e. The Bertz CT molecular complexity index is 915. The highest BCUT2D eigenvalue weighted by Crippen LogP contribution is 2.67. The topological polar surface area (TPSA) is 110 Å². The first-order valence-corrected chi connectivity index (χ1v) is 11.5. The van der Waals surface area contributed by atoms with Crippen molar-refractivity contribution in [2.24, 2.45) is 23.2 Å². The molecule has 1 N–H and O–H groups in total. The van der Waals surface area contributed by atoms with Crippen molar-refractivity contribution in [3.63, 3.8) is 0 Å². The zero-order chi connectivity index (χ0) is 23.0. The number of nitrogens with zero attached hydrogens (tertiary/aromatic N) is 2. The first-order chi connectivity index (χ1) is 15.2. The first kappa shape index (κ1) is 22.9. The number of hydrogen-bond acceptors (Lipinski definition) is 6. The lowest BCUT2D eigenvalue weighted by atomic mass is 9.42. The second-order valence-corrected chi connectivity index (χ2v) is 9.99. The Morgan fingerprint density at radius 3 is 2.59 bits per heavy atom. The molecule has 1 aromatic heterocycles. The van der Waals surface area contributed by atoms with Crippen LogP contribution >= 0.6 is 11.6 Å².